The van der Waals surface area contributed by atoms with Gasteiger partial charge in [-0.05, 0) is 19.4 Å². The number of carboxylic acids is 1. The summed E-state index contributed by atoms with van der Waals surface area (Å²) < 4.78 is 0. The molecular weight excluding hydrogens is 272 g/mol. The standard InChI is InChI=1S/C12H13ClN2O4/c1-12(11(16)17)4-5-14(7-12)10-3-2-8(15(18)19)6-9(10)13/h2-3,6H,4-5,7H2,1H3,(H,16,17). The van der Waals surface area contributed by atoms with Crippen LogP contribution < -0.4 is 4.90 Å². The fourth-order valence-electron chi connectivity index (χ4n) is 2.21. The lowest BCUT2D eigenvalue weighted by Gasteiger charge is -2.22. The van der Waals surface area contributed by atoms with Gasteiger partial charge >= 0.3 is 5.97 Å². The second-order valence-electron chi connectivity index (χ2n) is 4.93. The van der Waals surface area contributed by atoms with Crippen LogP contribution in [0.4, 0.5) is 11.4 Å². The first kappa shape index (κ1) is 13.6. The summed E-state index contributed by atoms with van der Waals surface area (Å²) in [5, 5.41) is 20.1. The zero-order valence-corrected chi connectivity index (χ0v) is 11.1. The molecular formula is C12H13ClN2O4. The first-order valence-electron chi connectivity index (χ1n) is 5.76. The average molecular weight is 285 g/mol. The lowest BCUT2D eigenvalue weighted by atomic mass is 9.90. The monoisotopic (exact) mass is 284 g/mol. The van der Waals surface area contributed by atoms with Crippen LogP contribution in [0.3, 0.4) is 0 Å². The van der Waals surface area contributed by atoms with Crippen molar-refractivity contribution in [1.29, 1.82) is 0 Å². The second kappa shape index (κ2) is 4.70. The minimum atomic E-state index is -0.840. The maximum absolute atomic E-state index is 11.2. The summed E-state index contributed by atoms with van der Waals surface area (Å²) in [7, 11) is 0. The van der Waals surface area contributed by atoms with Gasteiger partial charge in [-0.1, -0.05) is 11.6 Å². The Bertz CT molecular complexity index is 549. The predicted molar refractivity (Wildman–Crippen MR) is 70.7 cm³/mol. The summed E-state index contributed by atoms with van der Waals surface area (Å²) in [4.78, 5) is 23.1. The van der Waals surface area contributed by atoms with Gasteiger partial charge < -0.3 is 10.0 Å². The number of carbonyl (C=O) groups is 1. The Labute approximate surface area is 114 Å². The molecule has 0 radical (unpaired) electrons. The molecule has 1 fully saturated rings. The number of nitro benzene ring substituents is 1. The first-order chi connectivity index (χ1) is 8.83. The summed E-state index contributed by atoms with van der Waals surface area (Å²) in [6, 6.07) is 4.22. The van der Waals surface area contributed by atoms with Crippen LogP contribution in [0.15, 0.2) is 18.2 Å². The van der Waals surface area contributed by atoms with Crippen molar-refractivity contribution < 1.29 is 14.8 Å². The molecule has 1 N–H and O–H groups in total. The molecule has 0 aromatic heterocycles. The van der Waals surface area contributed by atoms with E-state index >= 15 is 0 Å². The Kier molecular flexibility index (Phi) is 3.36. The number of hydrogen-bond donors (Lipinski definition) is 1. The van der Waals surface area contributed by atoms with Crippen LogP contribution in [0.5, 0.6) is 0 Å². The third kappa shape index (κ3) is 2.49. The zero-order chi connectivity index (χ0) is 14.2. The van der Waals surface area contributed by atoms with Crippen LogP contribution in [-0.2, 0) is 4.79 Å². The summed E-state index contributed by atoms with van der Waals surface area (Å²) in [6.45, 7) is 2.61. The molecule has 0 amide bonds. The summed E-state index contributed by atoms with van der Waals surface area (Å²) in [6.07, 6.45) is 0.523. The first-order valence-corrected chi connectivity index (χ1v) is 6.13. The van der Waals surface area contributed by atoms with E-state index in [4.69, 9.17) is 11.6 Å². The van der Waals surface area contributed by atoms with Crippen LogP contribution in [0, 0.1) is 15.5 Å². The topological polar surface area (TPSA) is 83.7 Å². The highest BCUT2D eigenvalue weighted by Gasteiger charge is 2.41. The van der Waals surface area contributed by atoms with Gasteiger partial charge in [0.2, 0.25) is 0 Å². The molecule has 2 rings (SSSR count). The van der Waals surface area contributed by atoms with E-state index in [1.807, 2.05) is 4.90 Å². The molecule has 6 nitrogen and oxygen atoms in total. The maximum Gasteiger partial charge on any atom is 0.311 e. The average Bonchev–Trinajstić information content (AvgIpc) is 2.73. The molecule has 1 atom stereocenters. The van der Waals surface area contributed by atoms with Gasteiger partial charge in [-0.2, -0.15) is 0 Å². The van der Waals surface area contributed by atoms with E-state index in [1.54, 1.807) is 13.0 Å². The van der Waals surface area contributed by atoms with Gasteiger partial charge in [0.1, 0.15) is 0 Å². The van der Waals surface area contributed by atoms with Gasteiger partial charge in [0.05, 0.1) is 21.0 Å². The molecule has 1 heterocycles. The van der Waals surface area contributed by atoms with E-state index in [0.29, 0.717) is 25.2 Å². The van der Waals surface area contributed by atoms with Gasteiger partial charge in [-0.3, -0.25) is 14.9 Å². The Morgan fingerprint density at radius 1 is 1.58 bits per heavy atom. The van der Waals surface area contributed by atoms with Crippen LogP contribution >= 0.6 is 11.6 Å². The summed E-state index contributed by atoms with van der Waals surface area (Å²) in [5.41, 5.74) is -0.239. The van der Waals surface area contributed by atoms with Crippen LogP contribution in [0.2, 0.25) is 5.02 Å². The van der Waals surface area contributed by atoms with Crippen molar-refractivity contribution in [1.82, 2.24) is 0 Å². The lowest BCUT2D eigenvalue weighted by molar-refractivity contribution is -0.384. The highest BCUT2D eigenvalue weighted by Crippen LogP contribution is 2.37. The third-order valence-corrected chi connectivity index (χ3v) is 3.78. The van der Waals surface area contributed by atoms with E-state index in [0.717, 1.165) is 0 Å². The Balaban J connectivity index is 2.25. The minimum absolute atomic E-state index is 0.0751. The largest absolute Gasteiger partial charge is 0.481 e. The highest BCUT2D eigenvalue weighted by atomic mass is 35.5. The van der Waals surface area contributed by atoms with Crippen molar-refractivity contribution in [3.05, 3.63) is 33.3 Å². The van der Waals surface area contributed by atoms with E-state index in [2.05, 4.69) is 0 Å². The fraction of sp³-hybridized carbons (Fsp3) is 0.417. The molecule has 1 aliphatic rings. The normalized spacial score (nSPS) is 22.5. The molecule has 1 unspecified atom stereocenters. The number of anilines is 1. The van der Waals surface area contributed by atoms with E-state index < -0.39 is 16.3 Å². The molecule has 19 heavy (non-hydrogen) atoms. The van der Waals surface area contributed by atoms with Crippen molar-refractivity contribution in [3.63, 3.8) is 0 Å². The number of aliphatic carboxylic acids is 1. The smallest absolute Gasteiger partial charge is 0.311 e. The summed E-state index contributed by atoms with van der Waals surface area (Å²) >= 11 is 6.03. The van der Waals surface area contributed by atoms with Gasteiger partial charge in [0, 0.05) is 25.2 Å². The zero-order valence-electron chi connectivity index (χ0n) is 10.3. The van der Waals surface area contributed by atoms with E-state index in [1.165, 1.54) is 12.1 Å². The maximum atomic E-state index is 11.2. The van der Waals surface area contributed by atoms with Gasteiger partial charge in [0.25, 0.3) is 5.69 Å². The Hall–Kier alpha value is -1.82. The number of non-ortho nitro benzene ring substituents is 1. The molecule has 1 aromatic rings. The lowest BCUT2D eigenvalue weighted by Crippen LogP contribution is -2.31. The van der Waals surface area contributed by atoms with Crippen LogP contribution in [-0.4, -0.2) is 29.1 Å². The number of benzene rings is 1. The van der Waals surface area contributed by atoms with E-state index in [-0.39, 0.29) is 10.7 Å². The van der Waals surface area contributed by atoms with Crippen molar-refractivity contribution >= 4 is 28.9 Å². The van der Waals surface area contributed by atoms with Crippen molar-refractivity contribution in [3.8, 4) is 0 Å². The predicted octanol–water partition coefficient (Wildman–Crippen LogP) is 2.55. The molecule has 102 valence electrons. The minimum Gasteiger partial charge on any atom is -0.481 e. The second-order valence-corrected chi connectivity index (χ2v) is 5.34. The number of halogens is 1. The number of rotatable bonds is 3. The van der Waals surface area contributed by atoms with Crippen molar-refractivity contribution in [2.24, 2.45) is 5.41 Å². The molecule has 0 bridgehead atoms. The molecule has 0 spiro atoms. The van der Waals surface area contributed by atoms with Crippen LogP contribution in [0.25, 0.3) is 0 Å². The number of nitro groups is 1. The van der Waals surface area contributed by atoms with E-state index in [9.17, 15) is 20.0 Å². The quantitative estimate of drug-likeness (QED) is 0.681. The molecule has 1 saturated heterocycles. The molecule has 0 saturated carbocycles. The Morgan fingerprint density at radius 2 is 2.26 bits per heavy atom. The molecule has 1 aliphatic heterocycles. The number of hydrogen-bond acceptors (Lipinski definition) is 4. The Morgan fingerprint density at radius 3 is 2.74 bits per heavy atom. The number of carboxylic acid groups (broad SMARTS) is 1. The van der Waals surface area contributed by atoms with Crippen LogP contribution in [0.1, 0.15) is 13.3 Å². The molecule has 1 aromatic carbocycles. The third-order valence-electron chi connectivity index (χ3n) is 3.47. The number of nitrogens with zero attached hydrogens (tertiary/aromatic N) is 2. The van der Waals surface area contributed by atoms with Gasteiger partial charge in [-0.15, -0.1) is 0 Å². The summed E-state index contributed by atoms with van der Waals surface area (Å²) in [5.74, 6) is -0.840. The molecule has 0 aliphatic carbocycles. The van der Waals surface area contributed by atoms with Crippen molar-refractivity contribution in [2.75, 3.05) is 18.0 Å². The fourth-order valence-corrected chi connectivity index (χ4v) is 2.50. The molecule has 7 heteroatoms. The highest BCUT2D eigenvalue weighted by molar-refractivity contribution is 6.33. The SMILES string of the molecule is CC1(C(=O)O)CCN(c2ccc([N+](=O)[O-])cc2Cl)C1. The van der Waals surface area contributed by atoms with Crippen molar-refractivity contribution in [2.45, 2.75) is 13.3 Å². The van der Waals surface area contributed by atoms with Gasteiger partial charge in [0.15, 0.2) is 0 Å². The van der Waals surface area contributed by atoms with Gasteiger partial charge in [-0.25, -0.2) is 0 Å².